The lowest BCUT2D eigenvalue weighted by Gasteiger charge is -2.01. The number of hydrogen-bond donors (Lipinski definition) is 0. The number of rotatable bonds is 2. The van der Waals surface area contributed by atoms with Crippen molar-refractivity contribution in [3.63, 3.8) is 0 Å². The van der Waals surface area contributed by atoms with E-state index in [0.29, 0.717) is 5.56 Å². The summed E-state index contributed by atoms with van der Waals surface area (Å²) in [5, 5.41) is 2.07. The molecule has 0 aliphatic heterocycles. The molecule has 0 bridgehead atoms. The fourth-order valence-corrected chi connectivity index (χ4v) is 2.08. The average Bonchev–Trinajstić information content (AvgIpc) is 2.46. The zero-order valence-electron chi connectivity index (χ0n) is 10.6. The fourth-order valence-electron chi connectivity index (χ4n) is 2.08. The molecule has 20 heavy (non-hydrogen) atoms. The van der Waals surface area contributed by atoms with Crippen LogP contribution in [0.5, 0.6) is 0 Å². The van der Waals surface area contributed by atoms with Gasteiger partial charge in [-0.05, 0) is 35.7 Å². The maximum absolute atomic E-state index is 13.6. The Balaban J connectivity index is 2.02. The molecule has 3 heteroatoms. The van der Waals surface area contributed by atoms with Crippen LogP contribution in [0.25, 0.3) is 22.9 Å². The van der Waals surface area contributed by atoms with Gasteiger partial charge in [-0.3, -0.25) is 4.98 Å². The maximum atomic E-state index is 13.6. The van der Waals surface area contributed by atoms with Crippen molar-refractivity contribution in [2.75, 3.05) is 0 Å². The van der Waals surface area contributed by atoms with Crippen LogP contribution in [-0.2, 0) is 0 Å². The molecule has 0 amide bonds. The van der Waals surface area contributed by atoms with E-state index < -0.39 is 11.6 Å². The van der Waals surface area contributed by atoms with Gasteiger partial charge in [0.15, 0.2) is 0 Å². The van der Waals surface area contributed by atoms with E-state index in [1.165, 1.54) is 12.1 Å². The van der Waals surface area contributed by atoms with E-state index in [4.69, 9.17) is 0 Å². The number of nitrogens with zero attached hydrogens (tertiary/aromatic N) is 1. The molecule has 0 saturated carbocycles. The van der Waals surface area contributed by atoms with Crippen LogP contribution in [0, 0.1) is 11.6 Å². The van der Waals surface area contributed by atoms with Gasteiger partial charge in [-0.1, -0.05) is 24.3 Å². The largest absolute Gasteiger partial charge is 0.256 e. The second kappa shape index (κ2) is 5.21. The molecule has 2 aromatic carbocycles. The summed E-state index contributed by atoms with van der Waals surface area (Å²) in [7, 11) is 0. The number of aromatic nitrogens is 1. The van der Waals surface area contributed by atoms with Crippen molar-refractivity contribution in [2.45, 2.75) is 0 Å². The lowest BCUT2D eigenvalue weighted by molar-refractivity contribution is 0.581. The van der Waals surface area contributed by atoms with E-state index in [1.807, 2.05) is 30.3 Å². The van der Waals surface area contributed by atoms with Crippen LogP contribution in [0.1, 0.15) is 11.3 Å². The van der Waals surface area contributed by atoms with Crippen LogP contribution in [0.2, 0.25) is 0 Å². The number of halogens is 2. The second-order valence-electron chi connectivity index (χ2n) is 4.42. The van der Waals surface area contributed by atoms with Crippen LogP contribution in [-0.4, -0.2) is 4.98 Å². The molecule has 0 unspecified atom stereocenters. The lowest BCUT2D eigenvalue weighted by atomic mass is 10.1. The molecule has 3 rings (SSSR count). The van der Waals surface area contributed by atoms with Gasteiger partial charge in [-0.2, -0.15) is 0 Å². The number of benzene rings is 2. The minimum Gasteiger partial charge on any atom is -0.256 e. The average molecular weight is 267 g/mol. The van der Waals surface area contributed by atoms with Gasteiger partial charge in [-0.15, -0.1) is 0 Å². The Morgan fingerprint density at radius 1 is 0.900 bits per heavy atom. The Morgan fingerprint density at radius 3 is 2.60 bits per heavy atom. The summed E-state index contributed by atoms with van der Waals surface area (Å²) >= 11 is 0. The third kappa shape index (κ3) is 2.43. The second-order valence-corrected chi connectivity index (χ2v) is 4.42. The van der Waals surface area contributed by atoms with Crippen LogP contribution in [0.15, 0.2) is 54.7 Å². The van der Waals surface area contributed by atoms with Crippen molar-refractivity contribution in [3.05, 3.63) is 77.6 Å². The van der Waals surface area contributed by atoms with Gasteiger partial charge in [-0.25, -0.2) is 8.78 Å². The first-order valence-electron chi connectivity index (χ1n) is 6.21. The first-order valence-corrected chi connectivity index (χ1v) is 6.21. The van der Waals surface area contributed by atoms with Crippen LogP contribution < -0.4 is 0 Å². The van der Waals surface area contributed by atoms with Gasteiger partial charge >= 0.3 is 0 Å². The molecule has 98 valence electrons. The third-order valence-electron chi connectivity index (χ3n) is 3.09. The van der Waals surface area contributed by atoms with Crippen molar-refractivity contribution in [2.24, 2.45) is 0 Å². The fraction of sp³-hybridized carbons (Fsp3) is 0. The molecule has 0 fully saturated rings. The highest BCUT2D eigenvalue weighted by atomic mass is 19.1. The maximum Gasteiger partial charge on any atom is 0.133 e. The van der Waals surface area contributed by atoms with Gasteiger partial charge in [0, 0.05) is 23.2 Å². The summed E-state index contributed by atoms with van der Waals surface area (Å²) in [5.74, 6) is -1.16. The van der Waals surface area contributed by atoms with Gasteiger partial charge in [0.05, 0.1) is 5.69 Å². The summed E-state index contributed by atoms with van der Waals surface area (Å²) in [6, 6.07) is 13.3. The molecule has 0 aliphatic rings. The molecule has 0 radical (unpaired) electrons. The molecule has 0 N–H and O–H groups in total. The summed E-state index contributed by atoms with van der Waals surface area (Å²) in [6.07, 6.45) is 5.05. The minimum atomic E-state index is -0.582. The van der Waals surface area contributed by atoms with Gasteiger partial charge in [0.1, 0.15) is 11.6 Å². The molecule has 1 heterocycles. The Hall–Kier alpha value is -2.55. The van der Waals surface area contributed by atoms with Crippen LogP contribution in [0.4, 0.5) is 8.78 Å². The smallest absolute Gasteiger partial charge is 0.133 e. The van der Waals surface area contributed by atoms with E-state index in [2.05, 4.69) is 4.98 Å². The Kier molecular flexibility index (Phi) is 3.25. The quantitative estimate of drug-likeness (QED) is 0.656. The first-order chi connectivity index (χ1) is 9.74. The molecule has 0 atom stereocenters. The van der Waals surface area contributed by atoms with E-state index in [1.54, 1.807) is 18.3 Å². The zero-order valence-corrected chi connectivity index (χ0v) is 10.6. The van der Waals surface area contributed by atoms with Crippen LogP contribution >= 0.6 is 0 Å². The van der Waals surface area contributed by atoms with Crippen molar-refractivity contribution in [1.29, 1.82) is 0 Å². The normalized spacial score (nSPS) is 11.3. The zero-order chi connectivity index (χ0) is 13.9. The molecule has 3 aromatic rings. The predicted molar refractivity (Wildman–Crippen MR) is 77.0 cm³/mol. The Bertz CT molecular complexity index is 789. The van der Waals surface area contributed by atoms with Gasteiger partial charge in [0.25, 0.3) is 0 Å². The van der Waals surface area contributed by atoms with Crippen molar-refractivity contribution >= 4 is 22.9 Å². The van der Waals surface area contributed by atoms with E-state index >= 15 is 0 Å². The van der Waals surface area contributed by atoms with E-state index in [9.17, 15) is 8.78 Å². The molecule has 0 saturated heterocycles. The third-order valence-corrected chi connectivity index (χ3v) is 3.09. The number of pyridine rings is 1. The van der Waals surface area contributed by atoms with Crippen molar-refractivity contribution in [1.82, 2.24) is 4.98 Å². The Morgan fingerprint density at radius 2 is 1.75 bits per heavy atom. The van der Waals surface area contributed by atoms with E-state index in [0.717, 1.165) is 22.5 Å². The molecular formula is C17H11F2N. The van der Waals surface area contributed by atoms with Crippen molar-refractivity contribution < 1.29 is 8.78 Å². The highest BCUT2D eigenvalue weighted by Crippen LogP contribution is 2.19. The highest BCUT2D eigenvalue weighted by Gasteiger charge is 2.01. The Labute approximate surface area is 115 Å². The summed E-state index contributed by atoms with van der Waals surface area (Å²) < 4.78 is 26.4. The molecule has 0 spiro atoms. The first kappa shape index (κ1) is 12.5. The summed E-state index contributed by atoms with van der Waals surface area (Å²) in [5.41, 5.74) is 1.09. The predicted octanol–water partition coefficient (Wildman–Crippen LogP) is 4.68. The van der Waals surface area contributed by atoms with Crippen LogP contribution in [0.3, 0.4) is 0 Å². The minimum absolute atomic E-state index is 0.334. The number of fused-ring (bicyclic) bond motifs is 1. The molecule has 1 aromatic heterocycles. The van der Waals surface area contributed by atoms with Crippen molar-refractivity contribution in [3.8, 4) is 0 Å². The van der Waals surface area contributed by atoms with Gasteiger partial charge < -0.3 is 0 Å². The summed E-state index contributed by atoms with van der Waals surface area (Å²) in [6.45, 7) is 0. The lowest BCUT2D eigenvalue weighted by Crippen LogP contribution is -1.85. The molecular weight excluding hydrogens is 256 g/mol. The van der Waals surface area contributed by atoms with E-state index in [-0.39, 0.29) is 0 Å². The standard InChI is InChI=1S/C17H11F2N/c18-14-7-5-13(16(19)11-14)6-8-17-15-4-2-1-3-12(15)9-10-20-17/h1-11H/b8-6+. The topological polar surface area (TPSA) is 12.9 Å². The highest BCUT2D eigenvalue weighted by molar-refractivity contribution is 5.91. The molecule has 1 nitrogen and oxygen atoms in total. The monoisotopic (exact) mass is 267 g/mol. The SMILES string of the molecule is Fc1ccc(/C=C/c2nccc3ccccc23)c(F)c1. The number of hydrogen-bond acceptors (Lipinski definition) is 1. The van der Waals surface area contributed by atoms with Gasteiger partial charge in [0.2, 0.25) is 0 Å². The summed E-state index contributed by atoms with van der Waals surface area (Å²) in [4.78, 5) is 4.29. The molecule has 0 aliphatic carbocycles.